The highest BCUT2D eigenvalue weighted by Crippen LogP contribution is 2.68. The van der Waals surface area contributed by atoms with E-state index in [0.717, 1.165) is 55.1 Å². The predicted octanol–water partition coefficient (Wildman–Crippen LogP) is 6.19. The number of hydrogen-bond donors (Lipinski definition) is 2. The van der Waals surface area contributed by atoms with Gasteiger partial charge in [-0.2, -0.15) is 0 Å². The molecule has 2 N–H and O–H groups in total. The number of carbonyl (C=O) groups is 1. The van der Waals surface area contributed by atoms with Crippen molar-refractivity contribution in [1.29, 1.82) is 0 Å². The number of esters is 1. The molecule has 0 saturated heterocycles. The van der Waals surface area contributed by atoms with E-state index in [9.17, 15) is 4.79 Å². The van der Waals surface area contributed by atoms with Crippen molar-refractivity contribution in [2.75, 3.05) is 20.2 Å². The van der Waals surface area contributed by atoms with Gasteiger partial charge in [0, 0.05) is 31.6 Å². The van der Waals surface area contributed by atoms with Gasteiger partial charge in [0.25, 0.3) is 0 Å². The van der Waals surface area contributed by atoms with Crippen LogP contribution in [-0.2, 0) is 9.53 Å². The van der Waals surface area contributed by atoms with Crippen LogP contribution in [0.4, 0.5) is 0 Å². The molecule has 9 atom stereocenters. The molecule has 4 aliphatic carbocycles. The van der Waals surface area contributed by atoms with Crippen molar-refractivity contribution in [1.82, 2.24) is 10.6 Å². The Labute approximate surface area is 210 Å². The van der Waals surface area contributed by atoms with Crippen LogP contribution in [0.2, 0.25) is 0 Å². The number of nitrogens with one attached hydrogen (secondary N) is 2. The van der Waals surface area contributed by atoms with Crippen LogP contribution in [0, 0.1) is 46.3 Å². The number of carbonyl (C=O) groups excluding carboxylic acids is 1. The zero-order chi connectivity index (χ0) is 24.5. The van der Waals surface area contributed by atoms with E-state index in [2.05, 4.69) is 45.3 Å². The van der Waals surface area contributed by atoms with E-state index in [-0.39, 0.29) is 5.97 Å². The van der Waals surface area contributed by atoms with Crippen molar-refractivity contribution in [3.8, 4) is 0 Å². The molecular formula is C30H54N2O2. The second-order valence-electron chi connectivity index (χ2n) is 13.5. The van der Waals surface area contributed by atoms with Gasteiger partial charge in [-0.1, -0.05) is 34.6 Å². The minimum absolute atomic E-state index is 0.0391. The van der Waals surface area contributed by atoms with E-state index in [1.807, 2.05) is 0 Å². The van der Waals surface area contributed by atoms with E-state index < -0.39 is 0 Å². The summed E-state index contributed by atoms with van der Waals surface area (Å²) in [4.78, 5) is 11.7. The predicted molar refractivity (Wildman–Crippen MR) is 141 cm³/mol. The van der Waals surface area contributed by atoms with Crippen LogP contribution in [0.3, 0.4) is 0 Å². The Balaban J connectivity index is 1.36. The molecule has 0 amide bonds. The smallest absolute Gasteiger partial charge is 0.305 e. The van der Waals surface area contributed by atoms with E-state index in [4.69, 9.17) is 4.74 Å². The summed E-state index contributed by atoms with van der Waals surface area (Å²) in [6.45, 7) is 14.4. The first kappa shape index (κ1) is 26.5. The van der Waals surface area contributed by atoms with Gasteiger partial charge in [-0.25, -0.2) is 0 Å². The molecule has 4 saturated carbocycles. The molecule has 4 heteroatoms. The summed E-state index contributed by atoms with van der Waals surface area (Å²) in [7, 11) is 1.52. The molecule has 196 valence electrons. The van der Waals surface area contributed by atoms with Crippen LogP contribution in [0.1, 0.15) is 105 Å². The standard InChI is InChI=1S/C30H54N2O2/c1-20(2)31-17-18-32-23-13-15-29(4)22(19-23)8-9-24-26-11-10-25(21(3)7-12-28(33)34-6)30(26,5)16-14-27(24)29/h20-27,31-32H,7-19H2,1-6H3/t21-,22-,23+,24?,25?,26?,27?,29+,30-/m1/s1. The lowest BCUT2D eigenvalue weighted by molar-refractivity contribution is -0.141. The van der Waals surface area contributed by atoms with Crippen LogP contribution < -0.4 is 10.6 Å². The maximum absolute atomic E-state index is 11.7. The quantitative estimate of drug-likeness (QED) is 0.309. The maximum Gasteiger partial charge on any atom is 0.305 e. The van der Waals surface area contributed by atoms with E-state index in [1.165, 1.54) is 64.9 Å². The number of methoxy groups -OCH3 is 1. The highest BCUT2D eigenvalue weighted by Gasteiger charge is 2.60. The van der Waals surface area contributed by atoms with Crippen LogP contribution in [0.5, 0.6) is 0 Å². The average Bonchev–Trinajstić information content (AvgIpc) is 3.17. The van der Waals surface area contributed by atoms with Gasteiger partial charge >= 0.3 is 5.97 Å². The summed E-state index contributed by atoms with van der Waals surface area (Å²) >= 11 is 0. The minimum atomic E-state index is -0.0391. The third kappa shape index (κ3) is 5.10. The molecule has 0 heterocycles. The fourth-order valence-corrected chi connectivity index (χ4v) is 9.70. The molecule has 4 fully saturated rings. The lowest BCUT2D eigenvalue weighted by Gasteiger charge is -2.61. The number of hydrogen-bond acceptors (Lipinski definition) is 4. The summed E-state index contributed by atoms with van der Waals surface area (Å²) < 4.78 is 4.92. The number of ether oxygens (including phenoxy) is 1. The number of fused-ring (bicyclic) bond motifs is 5. The normalized spacial score (nSPS) is 42.6. The van der Waals surface area contributed by atoms with Crippen molar-refractivity contribution >= 4 is 5.97 Å². The molecule has 4 unspecified atom stereocenters. The molecular weight excluding hydrogens is 420 g/mol. The molecule has 4 aliphatic rings. The molecule has 0 spiro atoms. The maximum atomic E-state index is 11.7. The highest BCUT2D eigenvalue weighted by molar-refractivity contribution is 5.69. The van der Waals surface area contributed by atoms with Gasteiger partial charge < -0.3 is 15.4 Å². The molecule has 0 aliphatic heterocycles. The Morgan fingerprint density at radius 1 is 0.941 bits per heavy atom. The van der Waals surface area contributed by atoms with Crippen molar-refractivity contribution < 1.29 is 9.53 Å². The topological polar surface area (TPSA) is 50.4 Å². The van der Waals surface area contributed by atoms with Crippen molar-refractivity contribution in [2.24, 2.45) is 46.3 Å². The summed E-state index contributed by atoms with van der Waals surface area (Å²) in [5.41, 5.74) is 1.05. The van der Waals surface area contributed by atoms with Gasteiger partial charge in [0.2, 0.25) is 0 Å². The Hall–Kier alpha value is -0.610. The van der Waals surface area contributed by atoms with Gasteiger partial charge in [0.15, 0.2) is 0 Å². The van der Waals surface area contributed by atoms with E-state index in [0.29, 0.717) is 29.2 Å². The zero-order valence-electron chi connectivity index (χ0n) is 23.1. The van der Waals surface area contributed by atoms with Crippen LogP contribution in [0.25, 0.3) is 0 Å². The Kier molecular flexibility index (Phi) is 8.39. The molecule has 4 nitrogen and oxygen atoms in total. The SMILES string of the molecule is COC(=O)CC[C@@H](C)C1CCC2C3CC[C@@H]4C[C@@H](NCCNC(C)C)CC[C@]4(C)C3CC[C@@]21C. The van der Waals surface area contributed by atoms with Gasteiger partial charge in [0.1, 0.15) is 0 Å². The summed E-state index contributed by atoms with van der Waals surface area (Å²) in [5.74, 6) is 5.08. The van der Waals surface area contributed by atoms with Crippen molar-refractivity contribution in [2.45, 2.75) is 117 Å². The Bertz CT molecular complexity index is 695. The van der Waals surface area contributed by atoms with Crippen molar-refractivity contribution in [3.05, 3.63) is 0 Å². The van der Waals surface area contributed by atoms with Gasteiger partial charge in [0.05, 0.1) is 7.11 Å². The lowest BCUT2D eigenvalue weighted by Crippen LogP contribution is -2.55. The molecule has 0 bridgehead atoms. The molecule has 34 heavy (non-hydrogen) atoms. The molecule has 0 aromatic carbocycles. The largest absolute Gasteiger partial charge is 0.469 e. The lowest BCUT2D eigenvalue weighted by atomic mass is 9.44. The first-order valence-corrected chi connectivity index (χ1v) is 14.7. The summed E-state index contributed by atoms with van der Waals surface area (Å²) in [5, 5.41) is 7.44. The average molecular weight is 475 g/mol. The fourth-order valence-electron chi connectivity index (χ4n) is 9.70. The fraction of sp³-hybridized carbons (Fsp3) is 0.967. The van der Waals surface area contributed by atoms with E-state index in [1.54, 1.807) is 0 Å². The van der Waals surface area contributed by atoms with Gasteiger partial charge in [-0.05, 0) is 111 Å². The summed E-state index contributed by atoms with van der Waals surface area (Å²) in [6, 6.07) is 1.30. The first-order valence-electron chi connectivity index (χ1n) is 14.7. The van der Waals surface area contributed by atoms with Crippen LogP contribution in [-0.4, -0.2) is 38.3 Å². The molecule has 4 rings (SSSR count). The first-order chi connectivity index (χ1) is 16.2. The summed E-state index contributed by atoms with van der Waals surface area (Å²) in [6.07, 6.45) is 14.4. The second-order valence-corrected chi connectivity index (χ2v) is 13.5. The molecule has 0 radical (unpaired) electrons. The number of rotatable bonds is 9. The third-order valence-electron chi connectivity index (χ3n) is 11.6. The van der Waals surface area contributed by atoms with Gasteiger partial charge in [-0.15, -0.1) is 0 Å². The van der Waals surface area contributed by atoms with Crippen LogP contribution in [0.15, 0.2) is 0 Å². The zero-order valence-corrected chi connectivity index (χ0v) is 23.1. The highest BCUT2D eigenvalue weighted by atomic mass is 16.5. The Morgan fingerprint density at radius 2 is 1.68 bits per heavy atom. The van der Waals surface area contributed by atoms with Gasteiger partial charge in [-0.3, -0.25) is 4.79 Å². The molecule has 0 aromatic rings. The Morgan fingerprint density at radius 3 is 2.41 bits per heavy atom. The van der Waals surface area contributed by atoms with E-state index >= 15 is 0 Å². The minimum Gasteiger partial charge on any atom is -0.469 e. The second kappa shape index (κ2) is 10.8. The molecule has 0 aromatic heterocycles. The monoisotopic (exact) mass is 474 g/mol. The van der Waals surface area contributed by atoms with Crippen LogP contribution >= 0.6 is 0 Å². The van der Waals surface area contributed by atoms with Crippen molar-refractivity contribution in [3.63, 3.8) is 0 Å². The third-order valence-corrected chi connectivity index (χ3v) is 11.6.